The predicted octanol–water partition coefficient (Wildman–Crippen LogP) is 4.21. The van der Waals surface area contributed by atoms with Gasteiger partial charge in [0, 0.05) is 20.8 Å². The second-order valence-electron chi connectivity index (χ2n) is 5.97. The molecule has 4 aromatic rings. The van der Waals surface area contributed by atoms with Gasteiger partial charge in [-0.1, -0.05) is 35.9 Å². The van der Waals surface area contributed by atoms with E-state index in [1.165, 1.54) is 22.2 Å². The number of benzene rings is 2. The highest BCUT2D eigenvalue weighted by molar-refractivity contribution is 7.25. The Balaban J connectivity index is 1.63. The molecular weight excluding hydrogens is 370 g/mol. The van der Waals surface area contributed by atoms with Crippen LogP contribution in [0.4, 0.5) is 5.69 Å². The summed E-state index contributed by atoms with van der Waals surface area (Å²) in [6.45, 7) is 1.78. The van der Waals surface area contributed by atoms with Crippen LogP contribution in [0.5, 0.6) is 0 Å². The fourth-order valence-corrected chi connectivity index (χ4v) is 4.04. The lowest BCUT2D eigenvalue weighted by Gasteiger charge is -2.08. The van der Waals surface area contributed by atoms with Gasteiger partial charge in [0.1, 0.15) is 11.2 Å². The van der Waals surface area contributed by atoms with Gasteiger partial charge in [-0.2, -0.15) is 0 Å². The van der Waals surface area contributed by atoms with Gasteiger partial charge in [-0.15, -0.1) is 11.3 Å². The molecule has 0 saturated heterocycles. The summed E-state index contributed by atoms with van der Waals surface area (Å²) in [7, 11) is 0. The molecule has 0 spiro atoms. The number of rotatable bonds is 3. The summed E-state index contributed by atoms with van der Waals surface area (Å²) in [5.74, 6) is -0.311. The molecule has 4 rings (SSSR count). The Bertz CT molecular complexity index is 1210. The number of carbonyl (C=O) groups is 1. The minimum absolute atomic E-state index is 0.110. The highest BCUT2D eigenvalue weighted by Crippen LogP contribution is 2.29. The van der Waals surface area contributed by atoms with E-state index in [0.717, 1.165) is 15.6 Å². The van der Waals surface area contributed by atoms with Crippen molar-refractivity contribution in [3.63, 3.8) is 0 Å². The topological polar surface area (TPSA) is 64.0 Å². The van der Waals surface area contributed by atoms with Crippen LogP contribution in [0.25, 0.3) is 20.3 Å². The van der Waals surface area contributed by atoms with Crippen molar-refractivity contribution in [3.8, 4) is 0 Å². The molecule has 1 amide bonds. The monoisotopic (exact) mass is 383 g/mol. The SMILES string of the molecule is Cc1ccc(NC(=O)Cn2cnc3c(sc4ccccc43)c2=O)cc1Cl. The van der Waals surface area contributed by atoms with Crippen LogP contribution in [-0.4, -0.2) is 15.5 Å². The van der Waals surface area contributed by atoms with Gasteiger partial charge in [-0.3, -0.25) is 14.2 Å². The number of aromatic nitrogens is 2. The first-order valence-corrected chi connectivity index (χ1v) is 9.15. The van der Waals surface area contributed by atoms with E-state index in [1.54, 1.807) is 12.1 Å². The van der Waals surface area contributed by atoms with E-state index in [4.69, 9.17) is 11.6 Å². The number of halogens is 1. The highest BCUT2D eigenvalue weighted by Gasteiger charge is 2.13. The summed E-state index contributed by atoms with van der Waals surface area (Å²) in [5, 5.41) is 4.28. The summed E-state index contributed by atoms with van der Waals surface area (Å²) in [6, 6.07) is 13.0. The summed E-state index contributed by atoms with van der Waals surface area (Å²) in [6.07, 6.45) is 1.42. The Morgan fingerprint density at radius 2 is 2.08 bits per heavy atom. The Hall–Kier alpha value is -2.70. The van der Waals surface area contributed by atoms with Crippen LogP contribution in [0.1, 0.15) is 5.56 Å². The molecule has 0 saturated carbocycles. The fourth-order valence-electron chi connectivity index (χ4n) is 2.75. The smallest absolute Gasteiger partial charge is 0.271 e. The van der Waals surface area contributed by atoms with Crippen molar-refractivity contribution in [2.75, 3.05) is 5.32 Å². The summed E-state index contributed by atoms with van der Waals surface area (Å²) in [4.78, 5) is 29.4. The maximum absolute atomic E-state index is 12.7. The number of amides is 1. The van der Waals surface area contributed by atoms with E-state index in [9.17, 15) is 9.59 Å². The molecule has 0 radical (unpaired) electrons. The molecule has 1 N–H and O–H groups in total. The predicted molar refractivity (Wildman–Crippen MR) is 106 cm³/mol. The molecule has 0 aliphatic heterocycles. The first-order valence-electron chi connectivity index (χ1n) is 7.95. The van der Waals surface area contributed by atoms with Gasteiger partial charge in [0.2, 0.25) is 5.91 Å². The maximum atomic E-state index is 12.7. The highest BCUT2D eigenvalue weighted by atomic mass is 35.5. The summed E-state index contributed by atoms with van der Waals surface area (Å²) >= 11 is 7.46. The van der Waals surface area contributed by atoms with Gasteiger partial charge in [0.15, 0.2) is 0 Å². The number of anilines is 1. The zero-order chi connectivity index (χ0) is 18.3. The zero-order valence-electron chi connectivity index (χ0n) is 13.8. The van der Waals surface area contributed by atoms with Crippen LogP contribution in [0.3, 0.4) is 0 Å². The summed E-state index contributed by atoms with van der Waals surface area (Å²) in [5.41, 5.74) is 1.99. The molecule has 0 aliphatic rings. The average molecular weight is 384 g/mol. The Labute approximate surface area is 157 Å². The largest absolute Gasteiger partial charge is 0.324 e. The number of hydrogen-bond acceptors (Lipinski definition) is 4. The molecule has 7 heteroatoms. The molecule has 130 valence electrons. The second-order valence-corrected chi connectivity index (χ2v) is 7.43. The van der Waals surface area contributed by atoms with Crippen molar-refractivity contribution >= 4 is 54.8 Å². The second kappa shape index (κ2) is 6.55. The lowest BCUT2D eigenvalue weighted by Crippen LogP contribution is -2.27. The van der Waals surface area contributed by atoms with Crippen LogP contribution in [0.2, 0.25) is 5.02 Å². The number of nitrogens with one attached hydrogen (secondary N) is 1. The van der Waals surface area contributed by atoms with Crippen LogP contribution in [0, 0.1) is 6.92 Å². The number of thiophene rings is 1. The molecule has 0 bridgehead atoms. The number of nitrogens with zero attached hydrogens (tertiary/aromatic N) is 2. The van der Waals surface area contributed by atoms with Crippen molar-refractivity contribution in [2.45, 2.75) is 13.5 Å². The molecule has 0 atom stereocenters. The van der Waals surface area contributed by atoms with Crippen LogP contribution >= 0.6 is 22.9 Å². The molecule has 2 aromatic carbocycles. The van der Waals surface area contributed by atoms with E-state index >= 15 is 0 Å². The maximum Gasteiger partial charge on any atom is 0.271 e. The van der Waals surface area contributed by atoms with Crippen molar-refractivity contribution < 1.29 is 4.79 Å². The normalized spacial score (nSPS) is 11.2. The van der Waals surface area contributed by atoms with Gasteiger partial charge < -0.3 is 5.32 Å². The molecule has 26 heavy (non-hydrogen) atoms. The van der Waals surface area contributed by atoms with E-state index < -0.39 is 0 Å². The zero-order valence-corrected chi connectivity index (χ0v) is 15.4. The van der Waals surface area contributed by atoms with Crippen molar-refractivity contribution in [1.82, 2.24) is 9.55 Å². The molecular formula is C19H14ClN3O2S. The lowest BCUT2D eigenvalue weighted by molar-refractivity contribution is -0.116. The number of aryl methyl sites for hydroxylation is 1. The van der Waals surface area contributed by atoms with Crippen molar-refractivity contribution in [3.05, 3.63) is 69.7 Å². The fraction of sp³-hybridized carbons (Fsp3) is 0.105. The number of fused-ring (bicyclic) bond motifs is 3. The number of hydrogen-bond donors (Lipinski definition) is 1. The van der Waals surface area contributed by atoms with Crippen molar-refractivity contribution in [2.24, 2.45) is 0 Å². The summed E-state index contributed by atoms with van der Waals surface area (Å²) < 4.78 is 2.88. The standard InChI is InChI=1S/C19H14ClN3O2S/c1-11-6-7-12(8-14(11)20)22-16(24)9-23-10-21-17-13-4-2-3-5-15(13)26-18(17)19(23)25/h2-8,10H,9H2,1H3,(H,22,24). The van der Waals surface area contributed by atoms with E-state index in [2.05, 4.69) is 10.3 Å². The first-order chi connectivity index (χ1) is 12.5. The third-order valence-corrected chi connectivity index (χ3v) is 5.68. The lowest BCUT2D eigenvalue weighted by atomic mass is 10.2. The van der Waals surface area contributed by atoms with Gasteiger partial charge in [0.25, 0.3) is 5.56 Å². The molecule has 0 unspecified atom stereocenters. The van der Waals surface area contributed by atoms with Gasteiger partial charge in [-0.05, 0) is 30.7 Å². The molecule has 0 aliphatic carbocycles. The molecule has 2 aromatic heterocycles. The molecule has 5 nitrogen and oxygen atoms in total. The quantitative estimate of drug-likeness (QED) is 0.576. The minimum atomic E-state index is -0.311. The van der Waals surface area contributed by atoms with Crippen LogP contribution in [0.15, 0.2) is 53.6 Å². The Morgan fingerprint density at radius 3 is 2.88 bits per heavy atom. The Morgan fingerprint density at radius 1 is 1.27 bits per heavy atom. The van der Waals surface area contributed by atoms with Gasteiger partial charge in [0.05, 0.1) is 11.8 Å². The van der Waals surface area contributed by atoms with E-state index in [-0.39, 0.29) is 18.0 Å². The van der Waals surface area contributed by atoms with E-state index in [1.807, 2.05) is 37.3 Å². The number of carbonyl (C=O) groups excluding carboxylic acids is 1. The van der Waals surface area contributed by atoms with Gasteiger partial charge in [-0.25, -0.2) is 4.98 Å². The van der Waals surface area contributed by atoms with Crippen LogP contribution in [-0.2, 0) is 11.3 Å². The molecule has 0 fully saturated rings. The van der Waals surface area contributed by atoms with Crippen LogP contribution < -0.4 is 10.9 Å². The molecule has 2 heterocycles. The average Bonchev–Trinajstić information content (AvgIpc) is 3.00. The van der Waals surface area contributed by atoms with Gasteiger partial charge >= 0.3 is 0 Å². The third kappa shape index (κ3) is 2.98. The van der Waals surface area contributed by atoms with E-state index in [0.29, 0.717) is 20.9 Å². The van der Waals surface area contributed by atoms with Crippen molar-refractivity contribution in [1.29, 1.82) is 0 Å². The third-order valence-electron chi connectivity index (χ3n) is 4.12. The first kappa shape index (κ1) is 16.8. The Kier molecular flexibility index (Phi) is 4.22. The minimum Gasteiger partial charge on any atom is -0.324 e.